The SMILES string of the molecule is COc1ccc2c(c1)CC(O)(c1ccc(F)c(C)c1)CC2. The summed E-state index contributed by atoms with van der Waals surface area (Å²) in [6.07, 6.45) is 1.99. The number of fused-ring (bicyclic) bond motifs is 1. The van der Waals surface area contributed by atoms with Crippen molar-refractivity contribution in [1.82, 2.24) is 0 Å². The molecular weight excluding hydrogens is 267 g/mol. The smallest absolute Gasteiger partial charge is 0.126 e. The summed E-state index contributed by atoms with van der Waals surface area (Å²) < 4.78 is 18.7. The molecule has 1 aliphatic rings. The molecule has 110 valence electrons. The first kappa shape index (κ1) is 14.1. The van der Waals surface area contributed by atoms with Gasteiger partial charge in [0.15, 0.2) is 0 Å². The molecule has 1 aliphatic carbocycles. The molecule has 0 bridgehead atoms. The van der Waals surface area contributed by atoms with E-state index in [1.54, 1.807) is 26.2 Å². The zero-order valence-corrected chi connectivity index (χ0v) is 12.3. The molecule has 1 unspecified atom stereocenters. The highest BCUT2D eigenvalue weighted by Crippen LogP contribution is 2.38. The van der Waals surface area contributed by atoms with Crippen LogP contribution in [0.25, 0.3) is 0 Å². The fourth-order valence-electron chi connectivity index (χ4n) is 3.06. The van der Waals surface area contributed by atoms with E-state index in [0.29, 0.717) is 18.4 Å². The van der Waals surface area contributed by atoms with Crippen molar-refractivity contribution in [2.45, 2.75) is 31.8 Å². The Balaban J connectivity index is 1.97. The second kappa shape index (κ2) is 5.15. The maximum atomic E-state index is 13.4. The summed E-state index contributed by atoms with van der Waals surface area (Å²) >= 11 is 0. The molecule has 0 spiro atoms. The Labute approximate surface area is 124 Å². The van der Waals surface area contributed by atoms with E-state index in [9.17, 15) is 9.50 Å². The molecule has 0 aliphatic heterocycles. The Morgan fingerprint density at radius 2 is 1.95 bits per heavy atom. The van der Waals surface area contributed by atoms with Crippen molar-refractivity contribution in [2.75, 3.05) is 7.11 Å². The third kappa shape index (κ3) is 2.54. The molecule has 0 saturated carbocycles. The highest BCUT2D eigenvalue weighted by atomic mass is 19.1. The van der Waals surface area contributed by atoms with E-state index in [0.717, 1.165) is 23.3 Å². The monoisotopic (exact) mass is 286 g/mol. The lowest BCUT2D eigenvalue weighted by Gasteiger charge is -2.34. The van der Waals surface area contributed by atoms with Crippen molar-refractivity contribution in [3.63, 3.8) is 0 Å². The number of benzene rings is 2. The summed E-state index contributed by atoms with van der Waals surface area (Å²) in [5.41, 5.74) is 2.77. The van der Waals surface area contributed by atoms with Crippen LogP contribution < -0.4 is 4.74 Å². The van der Waals surface area contributed by atoms with Crippen LogP contribution in [0, 0.1) is 12.7 Å². The first-order valence-corrected chi connectivity index (χ1v) is 7.17. The topological polar surface area (TPSA) is 29.5 Å². The molecule has 21 heavy (non-hydrogen) atoms. The second-order valence-electron chi connectivity index (χ2n) is 5.81. The zero-order valence-electron chi connectivity index (χ0n) is 12.3. The number of aliphatic hydroxyl groups is 1. The van der Waals surface area contributed by atoms with Gasteiger partial charge in [-0.1, -0.05) is 18.2 Å². The minimum Gasteiger partial charge on any atom is -0.497 e. The summed E-state index contributed by atoms with van der Waals surface area (Å²) in [5, 5.41) is 11.0. The third-order valence-electron chi connectivity index (χ3n) is 4.40. The van der Waals surface area contributed by atoms with Crippen LogP contribution in [0.4, 0.5) is 4.39 Å². The van der Waals surface area contributed by atoms with Crippen molar-refractivity contribution in [1.29, 1.82) is 0 Å². The van der Waals surface area contributed by atoms with Crippen molar-refractivity contribution in [3.8, 4) is 5.75 Å². The molecule has 0 saturated heterocycles. The van der Waals surface area contributed by atoms with Gasteiger partial charge in [-0.3, -0.25) is 0 Å². The largest absolute Gasteiger partial charge is 0.497 e. The van der Waals surface area contributed by atoms with E-state index in [2.05, 4.69) is 6.07 Å². The Hall–Kier alpha value is -1.87. The quantitative estimate of drug-likeness (QED) is 0.915. The van der Waals surface area contributed by atoms with Gasteiger partial charge < -0.3 is 9.84 Å². The van der Waals surface area contributed by atoms with Gasteiger partial charge in [-0.15, -0.1) is 0 Å². The Bertz CT molecular complexity index is 681. The van der Waals surface area contributed by atoms with Gasteiger partial charge in [0.05, 0.1) is 12.7 Å². The molecule has 3 rings (SSSR count). The number of halogens is 1. The van der Waals surface area contributed by atoms with E-state index < -0.39 is 5.60 Å². The molecule has 0 fully saturated rings. The van der Waals surface area contributed by atoms with Crippen LogP contribution in [-0.2, 0) is 18.4 Å². The third-order valence-corrected chi connectivity index (χ3v) is 4.40. The first-order valence-electron chi connectivity index (χ1n) is 7.17. The highest BCUT2D eigenvalue weighted by molar-refractivity contribution is 5.41. The van der Waals surface area contributed by atoms with Gasteiger partial charge in [-0.2, -0.15) is 0 Å². The lowest BCUT2D eigenvalue weighted by atomic mass is 9.76. The summed E-state index contributed by atoms with van der Waals surface area (Å²) in [5.74, 6) is 0.563. The van der Waals surface area contributed by atoms with Gasteiger partial charge in [-0.25, -0.2) is 4.39 Å². The molecule has 2 aromatic rings. The summed E-state index contributed by atoms with van der Waals surface area (Å²) in [4.78, 5) is 0. The molecule has 3 heteroatoms. The van der Waals surface area contributed by atoms with Crippen LogP contribution >= 0.6 is 0 Å². The fraction of sp³-hybridized carbons (Fsp3) is 0.333. The van der Waals surface area contributed by atoms with Crippen molar-refractivity contribution < 1.29 is 14.2 Å². The molecule has 1 atom stereocenters. The predicted octanol–water partition coefficient (Wildman–Crippen LogP) is 3.52. The van der Waals surface area contributed by atoms with Crippen molar-refractivity contribution in [2.24, 2.45) is 0 Å². The molecule has 0 aromatic heterocycles. The van der Waals surface area contributed by atoms with Crippen molar-refractivity contribution in [3.05, 3.63) is 64.5 Å². The summed E-state index contributed by atoms with van der Waals surface area (Å²) in [7, 11) is 1.64. The standard InChI is InChI=1S/C18H19FO2/c1-12-9-15(4-6-17(12)19)18(20)8-7-13-3-5-16(21-2)10-14(13)11-18/h3-6,9-10,20H,7-8,11H2,1-2H3. The predicted molar refractivity (Wildman–Crippen MR) is 80.1 cm³/mol. The van der Waals surface area contributed by atoms with Crippen LogP contribution in [0.5, 0.6) is 5.75 Å². The van der Waals surface area contributed by atoms with Gasteiger partial charge in [-0.05, 0) is 60.2 Å². The van der Waals surface area contributed by atoms with Crippen LogP contribution in [0.2, 0.25) is 0 Å². The lowest BCUT2D eigenvalue weighted by molar-refractivity contribution is 0.0221. The van der Waals surface area contributed by atoms with E-state index >= 15 is 0 Å². The number of ether oxygens (including phenoxy) is 1. The van der Waals surface area contributed by atoms with Gasteiger partial charge in [0.1, 0.15) is 11.6 Å². The van der Waals surface area contributed by atoms with Crippen LogP contribution in [-0.4, -0.2) is 12.2 Å². The van der Waals surface area contributed by atoms with Crippen molar-refractivity contribution >= 4 is 0 Å². The van der Waals surface area contributed by atoms with Gasteiger partial charge >= 0.3 is 0 Å². The van der Waals surface area contributed by atoms with Gasteiger partial charge in [0, 0.05) is 6.42 Å². The normalized spacial score (nSPS) is 21.0. The number of methoxy groups -OCH3 is 1. The summed E-state index contributed by atoms with van der Waals surface area (Å²) in [6, 6.07) is 10.9. The minimum atomic E-state index is -0.933. The summed E-state index contributed by atoms with van der Waals surface area (Å²) in [6.45, 7) is 1.72. The Morgan fingerprint density at radius 1 is 1.14 bits per heavy atom. The molecule has 0 radical (unpaired) electrons. The second-order valence-corrected chi connectivity index (χ2v) is 5.81. The van der Waals surface area contributed by atoms with Crippen LogP contribution in [0.3, 0.4) is 0 Å². The Kier molecular flexibility index (Phi) is 3.46. The van der Waals surface area contributed by atoms with E-state index in [1.165, 1.54) is 11.6 Å². The van der Waals surface area contributed by atoms with E-state index in [1.807, 2.05) is 12.1 Å². The maximum Gasteiger partial charge on any atom is 0.126 e. The Morgan fingerprint density at radius 3 is 2.67 bits per heavy atom. The van der Waals surface area contributed by atoms with E-state index in [4.69, 9.17) is 4.74 Å². The van der Waals surface area contributed by atoms with E-state index in [-0.39, 0.29) is 5.82 Å². The van der Waals surface area contributed by atoms with Gasteiger partial charge in [0.2, 0.25) is 0 Å². The number of rotatable bonds is 2. The molecule has 0 heterocycles. The molecular formula is C18H19FO2. The number of hydrogen-bond donors (Lipinski definition) is 1. The van der Waals surface area contributed by atoms with Gasteiger partial charge in [0.25, 0.3) is 0 Å². The van der Waals surface area contributed by atoms with Crippen LogP contribution in [0.1, 0.15) is 28.7 Å². The highest BCUT2D eigenvalue weighted by Gasteiger charge is 2.34. The average Bonchev–Trinajstić information content (AvgIpc) is 2.49. The number of aryl methyl sites for hydroxylation is 2. The average molecular weight is 286 g/mol. The van der Waals surface area contributed by atoms with Crippen LogP contribution in [0.15, 0.2) is 36.4 Å². The molecule has 1 N–H and O–H groups in total. The molecule has 0 amide bonds. The number of hydrogen-bond acceptors (Lipinski definition) is 2. The maximum absolute atomic E-state index is 13.4. The lowest BCUT2D eigenvalue weighted by Crippen LogP contribution is -2.33. The molecule has 2 nitrogen and oxygen atoms in total. The first-order chi connectivity index (χ1) is 10.0. The fourth-order valence-corrected chi connectivity index (χ4v) is 3.06. The molecule has 2 aromatic carbocycles. The minimum absolute atomic E-state index is 0.236. The zero-order chi connectivity index (χ0) is 15.0.